The molecule has 1 aromatic heterocycles. The Hall–Kier alpha value is -3.85. The third-order valence-corrected chi connectivity index (χ3v) is 5.05. The van der Waals surface area contributed by atoms with E-state index < -0.39 is 0 Å². The van der Waals surface area contributed by atoms with Gasteiger partial charge in [-0.25, -0.2) is 0 Å². The van der Waals surface area contributed by atoms with Crippen LogP contribution in [0.15, 0.2) is 60.8 Å². The summed E-state index contributed by atoms with van der Waals surface area (Å²) in [4.78, 5) is 26.2. The molecule has 9 heteroatoms. The van der Waals surface area contributed by atoms with Crippen LogP contribution in [0.3, 0.4) is 0 Å². The SMILES string of the molecule is Cc1ccc(OCCN(C)C(=O)Cn2ccc(NC(=O)CCOc3ccc(CO)cc3)n2)cc1. The fraction of sp³-hybridized carbons (Fsp3) is 0.320. The molecule has 0 bridgehead atoms. The van der Waals surface area contributed by atoms with Crippen molar-refractivity contribution in [2.24, 2.45) is 0 Å². The van der Waals surface area contributed by atoms with Gasteiger partial charge in [0.1, 0.15) is 24.7 Å². The largest absolute Gasteiger partial charge is 0.493 e. The maximum Gasteiger partial charge on any atom is 0.244 e. The molecule has 0 aliphatic heterocycles. The number of likely N-dealkylation sites (N-methyl/N-ethyl adjacent to an activating group) is 1. The van der Waals surface area contributed by atoms with Gasteiger partial charge in [-0.2, -0.15) is 5.10 Å². The number of aliphatic hydroxyl groups excluding tert-OH is 1. The van der Waals surface area contributed by atoms with Crippen LogP contribution in [0.1, 0.15) is 17.5 Å². The van der Waals surface area contributed by atoms with E-state index in [1.54, 1.807) is 48.5 Å². The Morgan fingerprint density at radius 1 is 1.00 bits per heavy atom. The Morgan fingerprint density at radius 3 is 2.32 bits per heavy atom. The summed E-state index contributed by atoms with van der Waals surface area (Å²) < 4.78 is 12.7. The molecule has 2 aromatic carbocycles. The van der Waals surface area contributed by atoms with Crippen LogP contribution in [0.4, 0.5) is 5.82 Å². The number of benzene rings is 2. The first-order valence-corrected chi connectivity index (χ1v) is 11.0. The molecule has 0 spiro atoms. The summed E-state index contributed by atoms with van der Waals surface area (Å²) in [7, 11) is 1.71. The van der Waals surface area contributed by atoms with E-state index in [-0.39, 0.29) is 38.0 Å². The number of aliphatic hydroxyl groups is 1. The number of amides is 2. The van der Waals surface area contributed by atoms with Crippen LogP contribution < -0.4 is 14.8 Å². The summed E-state index contributed by atoms with van der Waals surface area (Å²) >= 11 is 0. The van der Waals surface area contributed by atoms with Crippen LogP contribution in [0.2, 0.25) is 0 Å². The van der Waals surface area contributed by atoms with Crippen molar-refractivity contribution in [3.8, 4) is 11.5 Å². The van der Waals surface area contributed by atoms with Crippen LogP contribution in [0, 0.1) is 6.92 Å². The Bertz CT molecular complexity index is 1060. The fourth-order valence-corrected chi connectivity index (χ4v) is 2.99. The summed E-state index contributed by atoms with van der Waals surface area (Å²) in [5, 5.41) is 16.0. The van der Waals surface area contributed by atoms with Gasteiger partial charge in [0, 0.05) is 19.3 Å². The van der Waals surface area contributed by atoms with Gasteiger partial charge in [-0.15, -0.1) is 0 Å². The van der Waals surface area contributed by atoms with Crippen LogP contribution >= 0.6 is 0 Å². The normalized spacial score (nSPS) is 10.6. The molecule has 0 atom stereocenters. The Kier molecular flexibility index (Phi) is 9.04. The van der Waals surface area contributed by atoms with Gasteiger partial charge in [0.05, 0.1) is 26.2 Å². The van der Waals surface area contributed by atoms with E-state index in [4.69, 9.17) is 14.6 Å². The second-order valence-corrected chi connectivity index (χ2v) is 7.82. The Labute approximate surface area is 198 Å². The minimum Gasteiger partial charge on any atom is -0.493 e. The molecule has 0 unspecified atom stereocenters. The number of nitrogens with one attached hydrogen (secondary N) is 1. The van der Waals surface area contributed by atoms with Crippen molar-refractivity contribution in [2.45, 2.75) is 26.5 Å². The van der Waals surface area contributed by atoms with Crippen LogP contribution in [0.5, 0.6) is 11.5 Å². The number of anilines is 1. The van der Waals surface area contributed by atoms with Gasteiger partial charge >= 0.3 is 0 Å². The third-order valence-electron chi connectivity index (χ3n) is 5.05. The molecule has 0 saturated carbocycles. The molecule has 0 aliphatic rings. The molecule has 2 N–H and O–H groups in total. The van der Waals surface area contributed by atoms with Crippen LogP contribution in [0.25, 0.3) is 0 Å². The molecular formula is C25H30N4O5. The number of hydrogen-bond donors (Lipinski definition) is 2. The zero-order valence-electron chi connectivity index (χ0n) is 19.4. The highest BCUT2D eigenvalue weighted by Gasteiger charge is 2.12. The molecule has 0 aliphatic carbocycles. The minimum absolute atomic E-state index is 0.0281. The highest BCUT2D eigenvalue weighted by Crippen LogP contribution is 2.13. The smallest absolute Gasteiger partial charge is 0.244 e. The molecule has 3 aromatic rings. The average molecular weight is 467 g/mol. The summed E-state index contributed by atoms with van der Waals surface area (Å²) in [5.74, 6) is 1.41. The van der Waals surface area contributed by atoms with Gasteiger partial charge in [-0.1, -0.05) is 29.8 Å². The zero-order chi connectivity index (χ0) is 24.3. The number of hydrogen-bond acceptors (Lipinski definition) is 6. The number of rotatable bonds is 12. The van der Waals surface area contributed by atoms with Crippen molar-refractivity contribution < 1.29 is 24.2 Å². The monoisotopic (exact) mass is 466 g/mol. The number of carbonyl (C=O) groups excluding carboxylic acids is 2. The summed E-state index contributed by atoms with van der Waals surface area (Å²) in [6, 6.07) is 16.4. The Balaban J connectivity index is 1.35. The Morgan fingerprint density at radius 2 is 1.65 bits per heavy atom. The molecule has 34 heavy (non-hydrogen) atoms. The molecule has 3 rings (SSSR count). The summed E-state index contributed by atoms with van der Waals surface area (Å²) in [6.07, 6.45) is 1.79. The second kappa shape index (κ2) is 12.4. The maximum absolute atomic E-state index is 12.4. The number of aryl methyl sites for hydroxylation is 1. The van der Waals surface area contributed by atoms with E-state index in [0.29, 0.717) is 24.7 Å². The topological polar surface area (TPSA) is 106 Å². The lowest BCUT2D eigenvalue weighted by molar-refractivity contribution is -0.131. The molecule has 1 heterocycles. The molecule has 9 nitrogen and oxygen atoms in total. The predicted octanol–water partition coefficient (Wildman–Crippen LogP) is 2.63. The molecule has 2 amide bonds. The first-order chi connectivity index (χ1) is 16.4. The van der Waals surface area contributed by atoms with Crippen LogP contribution in [-0.2, 0) is 22.7 Å². The summed E-state index contributed by atoms with van der Waals surface area (Å²) in [6.45, 7) is 3.08. The van der Waals surface area contributed by atoms with E-state index in [2.05, 4.69) is 10.4 Å². The van der Waals surface area contributed by atoms with Crippen molar-refractivity contribution >= 4 is 17.6 Å². The van der Waals surface area contributed by atoms with Gasteiger partial charge in [-0.3, -0.25) is 14.3 Å². The lowest BCUT2D eigenvalue weighted by Gasteiger charge is -2.17. The minimum atomic E-state index is -0.242. The van der Waals surface area contributed by atoms with E-state index in [0.717, 1.165) is 16.9 Å². The number of carbonyl (C=O) groups is 2. The quantitative estimate of drug-likeness (QED) is 0.425. The predicted molar refractivity (Wildman–Crippen MR) is 128 cm³/mol. The highest BCUT2D eigenvalue weighted by molar-refractivity contribution is 5.89. The average Bonchev–Trinajstić information content (AvgIpc) is 3.27. The van der Waals surface area contributed by atoms with Crippen LogP contribution in [-0.4, -0.2) is 58.4 Å². The van der Waals surface area contributed by atoms with Crippen molar-refractivity contribution in [2.75, 3.05) is 32.1 Å². The fourth-order valence-electron chi connectivity index (χ4n) is 2.99. The highest BCUT2D eigenvalue weighted by atomic mass is 16.5. The van der Waals surface area contributed by atoms with Gasteiger partial charge in [0.2, 0.25) is 11.8 Å². The van der Waals surface area contributed by atoms with E-state index in [9.17, 15) is 9.59 Å². The van der Waals surface area contributed by atoms with Gasteiger partial charge in [0.25, 0.3) is 0 Å². The van der Waals surface area contributed by atoms with Crippen molar-refractivity contribution in [3.63, 3.8) is 0 Å². The first-order valence-electron chi connectivity index (χ1n) is 11.0. The standard InChI is InChI=1S/C25H30N4O5/c1-19-3-7-21(8-4-19)34-16-14-28(2)25(32)17-29-13-11-23(27-29)26-24(31)12-15-33-22-9-5-20(18-30)6-10-22/h3-11,13,30H,12,14-18H2,1-2H3,(H,26,27,31). The molecule has 180 valence electrons. The maximum atomic E-state index is 12.4. The number of aromatic nitrogens is 2. The van der Waals surface area contributed by atoms with Gasteiger partial charge < -0.3 is 24.8 Å². The number of ether oxygens (including phenoxy) is 2. The van der Waals surface area contributed by atoms with Crippen molar-refractivity contribution in [1.82, 2.24) is 14.7 Å². The lowest BCUT2D eigenvalue weighted by Crippen LogP contribution is -2.33. The second-order valence-electron chi connectivity index (χ2n) is 7.82. The molecule has 0 radical (unpaired) electrons. The molecular weight excluding hydrogens is 436 g/mol. The number of nitrogens with zero attached hydrogens (tertiary/aromatic N) is 3. The molecule has 0 saturated heterocycles. The zero-order valence-corrected chi connectivity index (χ0v) is 19.4. The van der Waals surface area contributed by atoms with E-state index in [1.165, 1.54) is 4.68 Å². The summed E-state index contributed by atoms with van der Waals surface area (Å²) in [5.41, 5.74) is 1.95. The van der Waals surface area contributed by atoms with E-state index in [1.807, 2.05) is 31.2 Å². The van der Waals surface area contributed by atoms with Crippen molar-refractivity contribution in [1.29, 1.82) is 0 Å². The van der Waals surface area contributed by atoms with Gasteiger partial charge in [0.15, 0.2) is 5.82 Å². The van der Waals surface area contributed by atoms with Crippen molar-refractivity contribution in [3.05, 3.63) is 71.9 Å². The third kappa shape index (κ3) is 7.93. The lowest BCUT2D eigenvalue weighted by atomic mass is 10.2. The van der Waals surface area contributed by atoms with E-state index >= 15 is 0 Å². The molecule has 0 fully saturated rings. The van der Waals surface area contributed by atoms with Gasteiger partial charge in [-0.05, 0) is 36.8 Å². The first kappa shape index (κ1) is 24.8.